The van der Waals surface area contributed by atoms with Gasteiger partial charge in [-0.2, -0.15) is 13.2 Å². The van der Waals surface area contributed by atoms with Crippen LogP contribution in [-0.4, -0.2) is 5.11 Å². The van der Waals surface area contributed by atoms with Gasteiger partial charge in [-0.1, -0.05) is 25.4 Å². The highest BCUT2D eigenvalue weighted by Gasteiger charge is 2.31. The summed E-state index contributed by atoms with van der Waals surface area (Å²) < 4.78 is 36.3. The molecule has 0 saturated carbocycles. The number of halogens is 4. The molecule has 0 aliphatic carbocycles. The Kier molecular flexibility index (Phi) is 4.94. The number of benzene rings is 1. The van der Waals surface area contributed by atoms with E-state index >= 15 is 0 Å². The zero-order valence-corrected chi connectivity index (χ0v) is 9.37. The Morgan fingerprint density at radius 1 is 1.20 bits per heavy atom. The van der Waals surface area contributed by atoms with Crippen LogP contribution in [0.3, 0.4) is 0 Å². The minimum atomic E-state index is -4.48. The van der Waals surface area contributed by atoms with E-state index in [0.717, 1.165) is 6.07 Å². The predicted molar refractivity (Wildman–Crippen MR) is 54.2 cm³/mol. The summed E-state index contributed by atoms with van der Waals surface area (Å²) in [5, 5.41) is 8.97. The molecule has 1 aromatic carbocycles. The van der Waals surface area contributed by atoms with E-state index in [9.17, 15) is 13.2 Å². The first-order chi connectivity index (χ1) is 6.82. The fraction of sp³-hybridized carbons (Fsp3) is 0.400. The van der Waals surface area contributed by atoms with E-state index in [-0.39, 0.29) is 10.6 Å². The maximum absolute atomic E-state index is 12.1. The molecule has 1 nitrogen and oxygen atoms in total. The van der Waals surface area contributed by atoms with Crippen molar-refractivity contribution >= 4 is 11.6 Å². The summed E-state index contributed by atoms with van der Waals surface area (Å²) in [4.78, 5) is 0. The summed E-state index contributed by atoms with van der Waals surface area (Å²) in [6, 6.07) is 1.44. The van der Waals surface area contributed by atoms with Crippen LogP contribution in [0.5, 0.6) is 5.75 Å². The fourth-order valence-electron chi connectivity index (χ4n) is 0.828. The molecule has 0 bridgehead atoms. The molecular formula is C10H12ClF3O. The number of hydrogen-bond acceptors (Lipinski definition) is 1. The summed E-state index contributed by atoms with van der Waals surface area (Å²) in [7, 11) is 0. The lowest BCUT2D eigenvalue weighted by atomic mass is 10.1. The molecule has 0 aliphatic heterocycles. The minimum absolute atomic E-state index is 0.0904. The van der Waals surface area contributed by atoms with Gasteiger partial charge in [-0.05, 0) is 19.1 Å². The molecule has 5 heteroatoms. The first kappa shape index (κ1) is 14.1. The Morgan fingerprint density at radius 3 is 2.00 bits per heavy atom. The highest BCUT2D eigenvalue weighted by molar-refractivity contribution is 6.31. The van der Waals surface area contributed by atoms with Crippen LogP contribution in [0.2, 0.25) is 5.02 Å². The van der Waals surface area contributed by atoms with E-state index in [4.69, 9.17) is 16.7 Å². The molecule has 0 radical (unpaired) electrons. The third-order valence-electron chi connectivity index (χ3n) is 1.64. The molecule has 0 aliphatic rings. The van der Waals surface area contributed by atoms with Crippen LogP contribution < -0.4 is 0 Å². The molecule has 1 aromatic rings. The molecule has 0 aromatic heterocycles. The third kappa shape index (κ3) is 3.63. The maximum atomic E-state index is 12.1. The van der Waals surface area contributed by atoms with Crippen molar-refractivity contribution in [1.29, 1.82) is 0 Å². The van der Waals surface area contributed by atoms with E-state index < -0.39 is 17.5 Å². The Labute approximate surface area is 91.5 Å². The SMILES string of the molecule is CC.Cc1c(O)cc(C(F)(F)F)cc1Cl. The average molecular weight is 241 g/mol. The predicted octanol–water partition coefficient (Wildman–Crippen LogP) is 4.40. The summed E-state index contributed by atoms with van der Waals surface area (Å²) in [6.45, 7) is 5.44. The van der Waals surface area contributed by atoms with Crippen molar-refractivity contribution < 1.29 is 18.3 Å². The van der Waals surface area contributed by atoms with Crippen molar-refractivity contribution in [2.24, 2.45) is 0 Å². The summed E-state index contributed by atoms with van der Waals surface area (Å²) in [5.41, 5.74) is -0.699. The van der Waals surface area contributed by atoms with Gasteiger partial charge in [-0.25, -0.2) is 0 Å². The number of phenols is 1. The molecular weight excluding hydrogens is 229 g/mol. The van der Waals surface area contributed by atoms with Crippen molar-refractivity contribution in [3.05, 3.63) is 28.3 Å². The van der Waals surface area contributed by atoms with Crippen molar-refractivity contribution in [1.82, 2.24) is 0 Å². The number of alkyl halides is 3. The Morgan fingerprint density at radius 2 is 1.67 bits per heavy atom. The van der Waals surface area contributed by atoms with Crippen molar-refractivity contribution in [3.8, 4) is 5.75 Å². The minimum Gasteiger partial charge on any atom is -0.508 e. The molecule has 0 amide bonds. The second-order valence-electron chi connectivity index (χ2n) is 2.60. The Hall–Kier alpha value is -0.900. The molecule has 1 N–H and O–H groups in total. The Balaban J connectivity index is 0.000000921. The monoisotopic (exact) mass is 240 g/mol. The lowest BCUT2D eigenvalue weighted by Crippen LogP contribution is -2.04. The van der Waals surface area contributed by atoms with E-state index in [1.54, 1.807) is 0 Å². The van der Waals surface area contributed by atoms with Gasteiger partial charge in [0.2, 0.25) is 0 Å². The first-order valence-electron chi connectivity index (χ1n) is 4.38. The molecule has 0 unspecified atom stereocenters. The van der Waals surface area contributed by atoms with Crippen LogP contribution in [0.25, 0.3) is 0 Å². The van der Waals surface area contributed by atoms with Crippen LogP contribution in [0.15, 0.2) is 12.1 Å². The second kappa shape index (κ2) is 5.26. The van der Waals surface area contributed by atoms with E-state index in [2.05, 4.69) is 0 Å². The number of rotatable bonds is 0. The largest absolute Gasteiger partial charge is 0.508 e. The van der Waals surface area contributed by atoms with Gasteiger partial charge < -0.3 is 5.11 Å². The molecule has 0 spiro atoms. The van der Waals surface area contributed by atoms with Gasteiger partial charge in [0.05, 0.1) is 5.56 Å². The van der Waals surface area contributed by atoms with Gasteiger partial charge in [0, 0.05) is 10.6 Å². The topological polar surface area (TPSA) is 20.2 Å². The number of aromatic hydroxyl groups is 1. The molecule has 0 heterocycles. The van der Waals surface area contributed by atoms with E-state index in [1.807, 2.05) is 13.8 Å². The van der Waals surface area contributed by atoms with Crippen molar-refractivity contribution in [3.63, 3.8) is 0 Å². The standard InChI is InChI=1S/C8H6ClF3O.C2H6/c1-4-6(9)2-5(3-7(4)13)8(10,11)12;1-2/h2-3,13H,1H3;1-2H3. The fourth-order valence-corrected chi connectivity index (χ4v) is 1.04. The highest BCUT2D eigenvalue weighted by Crippen LogP contribution is 2.35. The number of hydrogen-bond donors (Lipinski definition) is 1. The lowest BCUT2D eigenvalue weighted by Gasteiger charge is -2.09. The first-order valence-corrected chi connectivity index (χ1v) is 4.76. The average Bonchev–Trinajstić information content (AvgIpc) is 2.15. The van der Waals surface area contributed by atoms with Gasteiger partial charge in [0.25, 0.3) is 0 Å². The van der Waals surface area contributed by atoms with Gasteiger partial charge >= 0.3 is 6.18 Å². The molecule has 0 atom stereocenters. The quantitative estimate of drug-likeness (QED) is 0.713. The van der Waals surface area contributed by atoms with Gasteiger partial charge in [-0.15, -0.1) is 0 Å². The molecule has 0 fully saturated rings. The molecule has 86 valence electrons. The molecule has 0 saturated heterocycles. The zero-order chi connectivity index (χ0) is 12.2. The van der Waals surface area contributed by atoms with Gasteiger partial charge in [0.15, 0.2) is 0 Å². The Bertz CT molecular complexity index is 311. The van der Waals surface area contributed by atoms with Crippen LogP contribution >= 0.6 is 11.6 Å². The summed E-state index contributed by atoms with van der Waals surface area (Å²) in [6.07, 6.45) is -4.48. The van der Waals surface area contributed by atoms with Crippen molar-refractivity contribution in [2.75, 3.05) is 0 Å². The molecule has 15 heavy (non-hydrogen) atoms. The summed E-state index contributed by atoms with van der Waals surface area (Å²) in [5.74, 6) is -0.445. The van der Waals surface area contributed by atoms with Crippen LogP contribution in [0, 0.1) is 6.92 Å². The van der Waals surface area contributed by atoms with Crippen molar-refractivity contribution in [2.45, 2.75) is 26.9 Å². The van der Waals surface area contributed by atoms with Crippen LogP contribution in [-0.2, 0) is 6.18 Å². The lowest BCUT2D eigenvalue weighted by molar-refractivity contribution is -0.137. The smallest absolute Gasteiger partial charge is 0.416 e. The normalized spacial score (nSPS) is 10.6. The zero-order valence-electron chi connectivity index (χ0n) is 8.61. The maximum Gasteiger partial charge on any atom is 0.416 e. The molecule has 1 rings (SSSR count). The number of phenolic OH excluding ortho intramolecular Hbond substituents is 1. The van der Waals surface area contributed by atoms with Crippen LogP contribution in [0.1, 0.15) is 25.0 Å². The van der Waals surface area contributed by atoms with Gasteiger partial charge in [0.1, 0.15) is 5.75 Å². The van der Waals surface area contributed by atoms with Crippen LogP contribution in [0.4, 0.5) is 13.2 Å². The van der Waals surface area contributed by atoms with Gasteiger partial charge in [-0.3, -0.25) is 0 Å². The second-order valence-corrected chi connectivity index (χ2v) is 3.01. The summed E-state index contributed by atoms with van der Waals surface area (Å²) >= 11 is 5.47. The highest BCUT2D eigenvalue weighted by atomic mass is 35.5. The van der Waals surface area contributed by atoms with E-state index in [0.29, 0.717) is 6.07 Å². The van der Waals surface area contributed by atoms with E-state index in [1.165, 1.54) is 6.92 Å². The third-order valence-corrected chi connectivity index (χ3v) is 2.04.